The van der Waals surface area contributed by atoms with E-state index in [2.05, 4.69) is 19.1 Å². The van der Waals surface area contributed by atoms with Gasteiger partial charge in [0.25, 0.3) is 0 Å². The lowest BCUT2D eigenvalue weighted by atomic mass is 10.0. The number of nitrogens with zero attached hydrogens (tertiary/aromatic N) is 1. The van der Waals surface area contributed by atoms with Crippen molar-refractivity contribution in [2.24, 2.45) is 0 Å². The molecule has 0 radical (unpaired) electrons. The lowest BCUT2D eigenvalue weighted by Gasteiger charge is -2.34. The van der Waals surface area contributed by atoms with Gasteiger partial charge in [0, 0.05) is 13.0 Å². The highest BCUT2D eigenvalue weighted by Crippen LogP contribution is 2.25. The molecule has 1 saturated heterocycles. The topological polar surface area (TPSA) is 38.8 Å². The summed E-state index contributed by atoms with van der Waals surface area (Å²) in [5.74, 6) is 1.03. The van der Waals surface area contributed by atoms with Gasteiger partial charge < -0.3 is 14.4 Å². The number of ether oxygens (including phenoxy) is 2. The number of para-hydroxylation sites is 1. The Bertz CT molecular complexity index is 687. The standard InChI is InChI=1S/C21H25NO3/c1-17-8-5-6-11-19(17)20-16-22(13-15-25-20)21(23)12-7-14-24-18-9-3-2-4-10-18/h2-6,8-11,20H,7,12-16H2,1H3. The number of morpholine rings is 1. The van der Waals surface area contributed by atoms with E-state index in [0.717, 1.165) is 12.2 Å². The first-order valence-corrected chi connectivity index (χ1v) is 8.87. The van der Waals surface area contributed by atoms with Crippen molar-refractivity contribution in [1.82, 2.24) is 4.90 Å². The van der Waals surface area contributed by atoms with Crippen LogP contribution in [-0.4, -0.2) is 37.1 Å². The van der Waals surface area contributed by atoms with E-state index in [4.69, 9.17) is 9.47 Å². The van der Waals surface area contributed by atoms with Crippen LogP contribution in [0.5, 0.6) is 5.75 Å². The second-order valence-electron chi connectivity index (χ2n) is 6.32. The summed E-state index contributed by atoms with van der Waals surface area (Å²) in [4.78, 5) is 14.4. The molecular weight excluding hydrogens is 314 g/mol. The fraction of sp³-hybridized carbons (Fsp3) is 0.381. The van der Waals surface area contributed by atoms with Gasteiger partial charge >= 0.3 is 0 Å². The van der Waals surface area contributed by atoms with E-state index in [1.54, 1.807) is 0 Å². The van der Waals surface area contributed by atoms with Crippen LogP contribution in [0, 0.1) is 6.92 Å². The summed E-state index contributed by atoms with van der Waals surface area (Å²) in [6.07, 6.45) is 1.20. The molecule has 3 rings (SSSR count). The van der Waals surface area contributed by atoms with E-state index in [1.807, 2.05) is 47.4 Å². The number of carbonyl (C=O) groups is 1. The number of amides is 1. The molecule has 0 bridgehead atoms. The van der Waals surface area contributed by atoms with E-state index in [9.17, 15) is 4.79 Å². The van der Waals surface area contributed by atoms with Crippen molar-refractivity contribution in [3.8, 4) is 5.75 Å². The van der Waals surface area contributed by atoms with Crippen molar-refractivity contribution in [2.75, 3.05) is 26.3 Å². The third kappa shape index (κ3) is 4.83. The van der Waals surface area contributed by atoms with Crippen molar-refractivity contribution in [3.63, 3.8) is 0 Å². The van der Waals surface area contributed by atoms with Crippen LogP contribution in [0.15, 0.2) is 54.6 Å². The van der Waals surface area contributed by atoms with Gasteiger partial charge in [-0.3, -0.25) is 4.79 Å². The predicted molar refractivity (Wildman–Crippen MR) is 97.6 cm³/mol. The van der Waals surface area contributed by atoms with Gasteiger partial charge in [0.1, 0.15) is 11.9 Å². The molecule has 2 aromatic carbocycles. The Kier molecular flexibility index (Phi) is 6.07. The van der Waals surface area contributed by atoms with Crippen molar-refractivity contribution in [2.45, 2.75) is 25.9 Å². The molecule has 4 nitrogen and oxygen atoms in total. The van der Waals surface area contributed by atoms with E-state index in [0.29, 0.717) is 32.7 Å². The highest BCUT2D eigenvalue weighted by Gasteiger charge is 2.25. The highest BCUT2D eigenvalue weighted by atomic mass is 16.5. The largest absolute Gasteiger partial charge is 0.494 e. The molecule has 0 aliphatic carbocycles. The fourth-order valence-corrected chi connectivity index (χ4v) is 3.10. The Labute approximate surface area is 149 Å². The summed E-state index contributed by atoms with van der Waals surface area (Å²) in [7, 11) is 0. The molecule has 0 aromatic heterocycles. The monoisotopic (exact) mass is 339 g/mol. The number of rotatable bonds is 6. The molecular formula is C21H25NO3. The lowest BCUT2D eigenvalue weighted by Crippen LogP contribution is -2.42. The van der Waals surface area contributed by atoms with Gasteiger partial charge in [-0.25, -0.2) is 0 Å². The van der Waals surface area contributed by atoms with Crippen molar-refractivity contribution in [3.05, 3.63) is 65.7 Å². The van der Waals surface area contributed by atoms with Crippen LogP contribution >= 0.6 is 0 Å². The van der Waals surface area contributed by atoms with Crippen LogP contribution in [0.3, 0.4) is 0 Å². The molecule has 1 amide bonds. The smallest absolute Gasteiger partial charge is 0.222 e. The SMILES string of the molecule is Cc1ccccc1C1CN(C(=O)CCCOc2ccccc2)CCO1. The van der Waals surface area contributed by atoms with Gasteiger partial charge in [0.15, 0.2) is 0 Å². The Hall–Kier alpha value is -2.33. The third-order valence-corrected chi connectivity index (χ3v) is 4.50. The van der Waals surface area contributed by atoms with Gasteiger partial charge in [0.05, 0.1) is 19.8 Å². The number of benzene rings is 2. The van der Waals surface area contributed by atoms with Gasteiger partial charge in [-0.05, 0) is 36.6 Å². The van der Waals surface area contributed by atoms with E-state index in [1.165, 1.54) is 11.1 Å². The van der Waals surface area contributed by atoms with Gasteiger partial charge in [-0.1, -0.05) is 42.5 Å². The molecule has 4 heteroatoms. The van der Waals surface area contributed by atoms with Crippen molar-refractivity contribution in [1.29, 1.82) is 0 Å². The minimum absolute atomic E-state index is 0.0283. The molecule has 1 heterocycles. The molecule has 132 valence electrons. The quantitative estimate of drug-likeness (QED) is 0.752. The van der Waals surface area contributed by atoms with Crippen LogP contribution in [0.4, 0.5) is 0 Å². The Morgan fingerprint density at radius 1 is 1.16 bits per heavy atom. The highest BCUT2D eigenvalue weighted by molar-refractivity contribution is 5.76. The average molecular weight is 339 g/mol. The molecule has 1 aliphatic heterocycles. The second kappa shape index (κ2) is 8.67. The molecule has 1 aliphatic rings. The molecule has 2 aromatic rings. The first kappa shape index (κ1) is 17.5. The van der Waals surface area contributed by atoms with Crippen molar-refractivity contribution >= 4 is 5.91 Å². The maximum Gasteiger partial charge on any atom is 0.222 e. The third-order valence-electron chi connectivity index (χ3n) is 4.50. The zero-order valence-electron chi connectivity index (χ0n) is 14.7. The molecule has 0 saturated carbocycles. The van der Waals surface area contributed by atoms with Crippen LogP contribution in [0.25, 0.3) is 0 Å². The Morgan fingerprint density at radius 3 is 2.72 bits per heavy atom. The van der Waals surface area contributed by atoms with E-state index < -0.39 is 0 Å². The number of carbonyl (C=O) groups excluding carboxylic acids is 1. The van der Waals surface area contributed by atoms with Crippen LogP contribution in [0.2, 0.25) is 0 Å². The molecule has 1 fully saturated rings. The molecule has 1 atom stereocenters. The number of hydrogen-bond acceptors (Lipinski definition) is 3. The predicted octanol–water partition coefficient (Wildman–Crippen LogP) is 3.75. The summed E-state index contributed by atoms with van der Waals surface area (Å²) in [6, 6.07) is 17.9. The lowest BCUT2D eigenvalue weighted by molar-refractivity contribution is -0.139. The molecule has 25 heavy (non-hydrogen) atoms. The molecule has 0 spiro atoms. The van der Waals surface area contributed by atoms with Crippen LogP contribution in [0.1, 0.15) is 30.1 Å². The summed E-state index contributed by atoms with van der Waals surface area (Å²) in [5, 5.41) is 0. The average Bonchev–Trinajstić information content (AvgIpc) is 2.66. The zero-order valence-corrected chi connectivity index (χ0v) is 14.7. The maximum absolute atomic E-state index is 12.5. The van der Waals surface area contributed by atoms with Crippen LogP contribution < -0.4 is 4.74 Å². The van der Waals surface area contributed by atoms with Crippen molar-refractivity contribution < 1.29 is 14.3 Å². The van der Waals surface area contributed by atoms with Gasteiger partial charge in [0.2, 0.25) is 5.91 Å². The number of aryl methyl sites for hydroxylation is 1. The maximum atomic E-state index is 12.5. The summed E-state index contributed by atoms with van der Waals surface area (Å²) >= 11 is 0. The molecule has 0 N–H and O–H groups in total. The zero-order chi connectivity index (χ0) is 17.5. The van der Waals surface area contributed by atoms with E-state index in [-0.39, 0.29) is 12.0 Å². The Morgan fingerprint density at radius 2 is 1.92 bits per heavy atom. The van der Waals surface area contributed by atoms with Crippen LogP contribution in [-0.2, 0) is 9.53 Å². The summed E-state index contributed by atoms with van der Waals surface area (Å²) < 4.78 is 11.5. The minimum atomic E-state index is -0.0283. The summed E-state index contributed by atoms with van der Waals surface area (Å²) in [5.41, 5.74) is 2.38. The first-order valence-electron chi connectivity index (χ1n) is 8.87. The normalized spacial score (nSPS) is 17.3. The van der Waals surface area contributed by atoms with Gasteiger partial charge in [-0.15, -0.1) is 0 Å². The first-order chi connectivity index (χ1) is 12.2. The van der Waals surface area contributed by atoms with E-state index >= 15 is 0 Å². The number of hydrogen-bond donors (Lipinski definition) is 0. The summed E-state index contributed by atoms with van der Waals surface area (Å²) in [6.45, 7) is 4.52. The second-order valence-corrected chi connectivity index (χ2v) is 6.32. The van der Waals surface area contributed by atoms with Gasteiger partial charge in [-0.2, -0.15) is 0 Å². The minimum Gasteiger partial charge on any atom is -0.494 e. The Balaban J connectivity index is 1.46. The fourth-order valence-electron chi connectivity index (χ4n) is 3.10. The molecule has 1 unspecified atom stereocenters.